The average Bonchev–Trinajstić information content (AvgIpc) is 3.07. The highest BCUT2D eigenvalue weighted by Crippen LogP contribution is 2.34. The molecule has 5 nitrogen and oxygen atoms in total. The van der Waals surface area contributed by atoms with E-state index in [2.05, 4.69) is 10.1 Å². The van der Waals surface area contributed by atoms with Crippen molar-refractivity contribution < 1.29 is 9.32 Å². The molecule has 1 aromatic heterocycles. The quantitative estimate of drug-likeness (QED) is 0.849. The molecule has 1 saturated heterocycles. The number of carbonyl (C=O) groups excluding carboxylic acids is 1. The maximum absolute atomic E-state index is 11.4. The van der Waals surface area contributed by atoms with Crippen LogP contribution in [0.5, 0.6) is 0 Å². The minimum absolute atomic E-state index is 0.0615. The molecule has 0 N–H and O–H groups in total. The topological polar surface area (TPSA) is 59.2 Å². The Hall–Kier alpha value is -1.59. The van der Waals surface area contributed by atoms with E-state index in [-0.39, 0.29) is 11.8 Å². The first kappa shape index (κ1) is 14.4. The third-order valence-electron chi connectivity index (χ3n) is 3.61. The Kier molecular flexibility index (Phi) is 3.87. The zero-order chi connectivity index (χ0) is 15.0. The zero-order valence-electron chi connectivity index (χ0n) is 11.3. The molecule has 1 aliphatic rings. The van der Waals surface area contributed by atoms with Crippen molar-refractivity contribution in [2.75, 3.05) is 13.1 Å². The molecule has 1 fully saturated rings. The lowest BCUT2D eigenvalue weighted by Gasteiger charge is -2.11. The van der Waals surface area contributed by atoms with E-state index in [4.69, 9.17) is 27.7 Å². The molecule has 0 radical (unpaired) electrons. The molecule has 21 heavy (non-hydrogen) atoms. The van der Waals surface area contributed by atoms with Crippen molar-refractivity contribution in [3.8, 4) is 11.4 Å². The van der Waals surface area contributed by atoms with Crippen molar-refractivity contribution in [3.05, 3.63) is 34.1 Å². The number of rotatable bonds is 2. The van der Waals surface area contributed by atoms with Gasteiger partial charge in [-0.1, -0.05) is 34.4 Å². The van der Waals surface area contributed by atoms with Crippen LogP contribution in [0.15, 0.2) is 22.7 Å². The fourth-order valence-corrected chi connectivity index (χ4v) is 3.03. The molecule has 2 aromatic rings. The van der Waals surface area contributed by atoms with Crippen LogP contribution >= 0.6 is 23.2 Å². The highest BCUT2D eigenvalue weighted by Gasteiger charge is 2.30. The van der Waals surface area contributed by atoms with Crippen molar-refractivity contribution in [1.82, 2.24) is 15.0 Å². The fourth-order valence-electron chi connectivity index (χ4n) is 2.46. The third-order valence-corrected chi connectivity index (χ3v) is 4.24. The summed E-state index contributed by atoms with van der Waals surface area (Å²) in [5, 5.41) is 4.92. The van der Waals surface area contributed by atoms with Gasteiger partial charge in [0.2, 0.25) is 17.6 Å². The summed E-state index contributed by atoms with van der Waals surface area (Å²) in [6.07, 6.45) is 0.817. The van der Waals surface area contributed by atoms with E-state index in [0.717, 1.165) is 6.42 Å². The van der Waals surface area contributed by atoms with Crippen molar-refractivity contribution in [2.45, 2.75) is 19.3 Å². The number of benzene rings is 1. The molecule has 1 amide bonds. The molecule has 1 aromatic carbocycles. The van der Waals surface area contributed by atoms with Crippen LogP contribution in [0, 0.1) is 0 Å². The normalized spacial score (nSPS) is 18.2. The molecule has 1 unspecified atom stereocenters. The van der Waals surface area contributed by atoms with Crippen molar-refractivity contribution in [3.63, 3.8) is 0 Å². The second-order valence-corrected chi connectivity index (χ2v) is 5.82. The van der Waals surface area contributed by atoms with Gasteiger partial charge in [-0.2, -0.15) is 4.98 Å². The van der Waals surface area contributed by atoms with Crippen LogP contribution < -0.4 is 0 Å². The molecule has 3 rings (SSSR count). The summed E-state index contributed by atoms with van der Waals surface area (Å²) in [7, 11) is 0. The highest BCUT2D eigenvalue weighted by atomic mass is 35.5. The Balaban J connectivity index is 1.86. The van der Waals surface area contributed by atoms with E-state index in [1.165, 1.54) is 0 Å². The predicted molar refractivity (Wildman–Crippen MR) is 79.4 cm³/mol. The van der Waals surface area contributed by atoms with Gasteiger partial charge in [0.1, 0.15) is 0 Å². The van der Waals surface area contributed by atoms with Crippen LogP contribution in [0.4, 0.5) is 0 Å². The van der Waals surface area contributed by atoms with Crippen LogP contribution in [0.2, 0.25) is 10.0 Å². The molecule has 0 saturated carbocycles. The highest BCUT2D eigenvalue weighted by molar-refractivity contribution is 6.38. The van der Waals surface area contributed by atoms with Crippen molar-refractivity contribution in [1.29, 1.82) is 0 Å². The van der Waals surface area contributed by atoms with Crippen LogP contribution in [-0.2, 0) is 4.79 Å². The number of nitrogens with zero attached hydrogens (tertiary/aromatic N) is 3. The second kappa shape index (κ2) is 5.66. The summed E-state index contributed by atoms with van der Waals surface area (Å²) in [5.41, 5.74) is 0.567. The van der Waals surface area contributed by atoms with Crippen LogP contribution in [0.3, 0.4) is 0 Å². The summed E-state index contributed by atoms with van der Waals surface area (Å²) in [5.74, 6) is 1.02. The van der Waals surface area contributed by atoms with E-state index < -0.39 is 0 Å². The van der Waals surface area contributed by atoms with Gasteiger partial charge in [0.05, 0.1) is 21.5 Å². The number of aromatic nitrogens is 2. The molecule has 0 spiro atoms. The largest absolute Gasteiger partial charge is 0.342 e. The first-order valence-electron chi connectivity index (χ1n) is 6.59. The maximum Gasteiger partial charge on any atom is 0.231 e. The van der Waals surface area contributed by atoms with E-state index >= 15 is 0 Å². The predicted octanol–water partition coefficient (Wildman–Crippen LogP) is 3.38. The summed E-state index contributed by atoms with van der Waals surface area (Å²) < 4.78 is 5.32. The third kappa shape index (κ3) is 2.76. The summed E-state index contributed by atoms with van der Waals surface area (Å²) in [6.45, 7) is 2.88. The Morgan fingerprint density at radius 2 is 2.10 bits per heavy atom. The van der Waals surface area contributed by atoms with E-state index in [1.54, 1.807) is 30.0 Å². The van der Waals surface area contributed by atoms with Gasteiger partial charge < -0.3 is 9.42 Å². The number of carbonyl (C=O) groups is 1. The molecular weight excluding hydrogens is 313 g/mol. The van der Waals surface area contributed by atoms with Crippen LogP contribution in [-0.4, -0.2) is 34.0 Å². The lowest BCUT2D eigenvalue weighted by Crippen LogP contribution is -2.25. The lowest BCUT2D eigenvalue weighted by molar-refractivity contribution is -0.127. The van der Waals surface area contributed by atoms with E-state index in [0.29, 0.717) is 40.4 Å². The first-order valence-corrected chi connectivity index (χ1v) is 7.35. The van der Waals surface area contributed by atoms with Gasteiger partial charge >= 0.3 is 0 Å². The number of likely N-dealkylation sites (tertiary alicyclic amines) is 1. The monoisotopic (exact) mass is 325 g/mol. The number of hydrogen-bond donors (Lipinski definition) is 0. The summed E-state index contributed by atoms with van der Waals surface area (Å²) in [6, 6.07) is 5.22. The van der Waals surface area contributed by atoms with Gasteiger partial charge in [0.15, 0.2) is 0 Å². The molecule has 110 valence electrons. The van der Waals surface area contributed by atoms with Crippen molar-refractivity contribution >= 4 is 29.1 Å². The molecule has 2 heterocycles. The SMILES string of the molecule is CC(=O)N1CCC(c2nc(-c3c(Cl)cccc3Cl)no2)C1. The van der Waals surface area contributed by atoms with E-state index in [1.807, 2.05) is 0 Å². The molecular formula is C14H13Cl2N3O2. The second-order valence-electron chi connectivity index (χ2n) is 5.00. The van der Waals surface area contributed by atoms with E-state index in [9.17, 15) is 4.79 Å². The zero-order valence-corrected chi connectivity index (χ0v) is 12.9. The molecule has 7 heteroatoms. The lowest BCUT2D eigenvalue weighted by atomic mass is 10.1. The molecule has 0 aliphatic carbocycles. The van der Waals surface area contributed by atoms with Gasteiger partial charge in [-0.25, -0.2) is 0 Å². The maximum atomic E-state index is 11.4. The number of halogens is 2. The number of amides is 1. The Bertz CT molecular complexity index is 666. The van der Waals surface area contributed by atoms with Gasteiger partial charge in [-0.05, 0) is 18.6 Å². The first-order chi connectivity index (χ1) is 10.1. The van der Waals surface area contributed by atoms with Gasteiger partial charge in [-0.15, -0.1) is 0 Å². The molecule has 1 atom stereocenters. The fraction of sp³-hybridized carbons (Fsp3) is 0.357. The smallest absolute Gasteiger partial charge is 0.231 e. The van der Waals surface area contributed by atoms with Crippen LogP contribution in [0.25, 0.3) is 11.4 Å². The van der Waals surface area contributed by atoms with Gasteiger partial charge in [-0.3, -0.25) is 4.79 Å². The minimum atomic E-state index is 0.0615. The Morgan fingerprint density at radius 3 is 2.71 bits per heavy atom. The Morgan fingerprint density at radius 1 is 1.38 bits per heavy atom. The Labute approximate surface area is 131 Å². The van der Waals surface area contributed by atoms with Crippen molar-refractivity contribution in [2.24, 2.45) is 0 Å². The standard InChI is InChI=1S/C14H13Cl2N3O2/c1-8(20)19-6-5-9(7-19)14-17-13(18-21-14)12-10(15)3-2-4-11(12)16/h2-4,9H,5-7H2,1H3. The van der Waals surface area contributed by atoms with Crippen LogP contribution in [0.1, 0.15) is 25.2 Å². The minimum Gasteiger partial charge on any atom is -0.342 e. The average molecular weight is 326 g/mol. The summed E-state index contributed by atoms with van der Waals surface area (Å²) in [4.78, 5) is 17.5. The van der Waals surface area contributed by atoms with Gasteiger partial charge in [0.25, 0.3) is 0 Å². The molecule has 0 bridgehead atoms. The summed E-state index contributed by atoms with van der Waals surface area (Å²) >= 11 is 12.3. The van der Waals surface area contributed by atoms with Gasteiger partial charge in [0, 0.05) is 20.0 Å². The molecule has 1 aliphatic heterocycles. The number of hydrogen-bond acceptors (Lipinski definition) is 4.